The first-order chi connectivity index (χ1) is 4.12. The molecule has 4 nitrogen and oxygen atoms in total. The molecule has 0 fully saturated rings. The fourth-order valence-corrected chi connectivity index (χ4v) is 0.775. The van der Waals surface area contributed by atoms with Gasteiger partial charge in [0.2, 0.25) is 0 Å². The molecular formula is C4H12NNaO3S. The molecule has 0 spiro atoms. The van der Waals surface area contributed by atoms with E-state index in [9.17, 15) is 8.42 Å². The molecule has 0 aromatic heterocycles. The van der Waals surface area contributed by atoms with Crippen LogP contribution in [0.3, 0.4) is 0 Å². The molecule has 0 saturated carbocycles. The molecule has 0 atom stereocenters. The van der Waals surface area contributed by atoms with Gasteiger partial charge < -0.3 is 5.73 Å². The third-order valence-corrected chi connectivity index (χ3v) is 1.97. The van der Waals surface area contributed by atoms with Gasteiger partial charge in [0, 0.05) is 6.54 Å². The Hall–Kier alpha value is 0.870. The van der Waals surface area contributed by atoms with Crippen molar-refractivity contribution >= 4 is 39.7 Å². The maximum atomic E-state index is 10.5. The second kappa shape index (κ2) is 6.57. The van der Waals surface area contributed by atoms with Gasteiger partial charge in [0.1, 0.15) is 0 Å². The zero-order chi connectivity index (χ0) is 7.33. The Balaban J connectivity index is 0. The predicted octanol–water partition coefficient (Wildman–Crippen LogP) is -1.34. The van der Waals surface area contributed by atoms with E-state index in [4.69, 9.17) is 5.73 Å². The summed E-state index contributed by atoms with van der Waals surface area (Å²) in [5, 5.41) is 0. The number of hydrogen-bond acceptors (Lipinski definition) is 4. The monoisotopic (exact) mass is 177 g/mol. The van der Waals surface area contributed by atoms with Crippen molar-refractivity contribution in [3.63, 3.8) is 0 Å². The van der Waals surface area contributed by atoms with E-state index < -0.39 is 10.1 Å². The zero-order valence-corrected chi connectivity index (χ0v) is 6.15. The Morgan fingerprint density at radius 2 is 2.00 bits per heavy atom. The summed E-state index contributed by atoms with van der Waals surface area (Å²) in [5.41, 5.74) is 5.00. The molecule has 10 heavy (non-hydrogen) atoms. The fourth-order valence-electron chi connectivity index (χ4n) is 0.258. The van der Waals surface area contributed by atoms with E-state index in [0.29, 0.717) is 0 Å². The summed E-state index contributed by atoms with van der Waals surface area (Å²) in [4.78, 5) is 0. The summed E-state index contributed by atoms with van der Waals surface area (Å²) >= 11 is 0. The van der Waals surface area contributed by atoms with Crippen LogP contribution in [0.25, 0.3) is 0 Å². The normalized spacial score (nSPS) is 10.6. The molecule has 2 N–H and O–H groups in total. The van der Waals surface area contributed by atoms with Crippen LogP contribution in [0.1, 0.15) is 6.92 Å². The molecule has 0 aliphatic heterocycles. The van der Waals surface area contributed by atoms with Crippen LogP contribution >= 0.6 is 0 Å². The van der Waals surface area contributed by atoms with Crippen molar-refractivity contribution in [1.82, 2.24) is 0 Å². The van der Waals surface area contributed by atoms with Gasteiger partial charge in [0.15, 0.2) is 0 Å². The average Bonchev–Trinajstić information content (AvgIpc) is 1.84. The first kappa shape index (κ1) is 13.5. The SMILES string of the molecule is CCS(=O)(=O)OCCN.[NaH]. The van der Waals surface area contributed by atoms with E-state index in [2.05, 4.69) is 4.18 Å². The van der Waals surface area contributed by atoms with Crippen LogP contribution < -0.4 is 5.73 Å². The second-order valence-electron chi connectivity index (χ2n) is 1.46. The number of rotatable bonds is 4. The Morgan fingerprint density at radius 1 is 1.50 bits per heavy atom. The minimum absolute atomic E-state index is 0. The van der Waals surface area contributed by atoms with E-state index in [-0.39, 0.29) is 48.5 Å². The summed E-state index contributed by atoms with van der Waals surface area (Å²) in [6.07, 6.45) is 0. The first-order valence-corrected chi connectivity index (χ1v) is 4.27. The Morgan fingerprint density at radius 3 is 2.30 bits per heavy atom. The van der Waals surface area contributed by atoms with Crippen molar-refractivity contribution in [3.8, 4) is 0 Å². The molecule has 0 aliphatic carbocycles. The molecule has 0 saturated heterocycles. The van der Waals surface area contributed by atoms with E-state index in [1.165, 1.54) is 6.92 Å². The summed E-state index contributed by atoms with van der Waals surface area (Å²) in [6, 6.07) is 0. The third kappa shape index (κ3) is 6.98. The Kier molecular flexibility index (Phi) is 8.85. The summed E-state index contributed by atoms with van der Waals surface area (Å²) < 4.78 is 25.3. The van der Waals surface area contributed by atoms with Crippen LogP contribution in [0.2, 0.25) is 0 Å². The molecule has 58 valence electrons. The van der Waals surface area contributed by atoms with Gasteiger partial charge in [-0.15, -0.1) is 0 Å². The third-order valence-electron chi connectivity index (χ3n) is 0.734. The molecule has 0 heterocycles. The quantitative estimate of drug-likeness (QED) is 0.426. The molecule has 0 aliphatic rings. The molecule has 0 bridgehead atoms. The van der Waals surface area contributed by atoms with E-state index in [1.54, 1.807) is 0 Å². The number of nitrogens with two attached hydrogens (primary N) is 1. The van der Waals surface area contributed by atoms with Crippen molar-refractivity contribution in [1.29, 1.82) is 0 Å². The molecule has 0 radical (unpaired) electrons. The van der Waals surface area contributed by atoms with Gasteiger partial charge in [-0.1, -0.05) is 0 Å². The van der Waals surface area contributed by atoms with E-state index in [1.807, 2.05) is 0 Å². The van der Waals surface area contributed by atoms with Crippen molar-refractivity contribution < 1.29 is 12.6 Å². The van der Waals surface area contributed by atoms with Crippen LogP contribution in [0.15, 0.2) is 0 Å². The van der Waals surface area contributed by atoms with Gasteiger partial charge in [0.05, 0.1) is 12.4 Å². The summed E-state index contributed by atoms with van der Waals surface area (Å²) in [7, 11) is -3.26. The van der Waals surface area contributed by atoms with Crippen LogP contribution in [0, 0.1) is 0 Å². The Bertz CT molecular complexity index is 156. The first-order valence-electron chi connectivity index (χ1n) is 2.69. The molecule has 0 aromatic carbocycles. The van der Waals surface area contributed by atoms with Crippen LogP contribution in [-0.4, -0.2) is 56.9 Å². The molecule has 0 amide bonds. The van der Waals surface area contributed by atoms with Crippen molar-refractivity contribution in [3.05, 3.63) is 0 Å². The van der Waals surface area contributed by atoms with Gasteiger partial charge in [-0.05, 0) is 6.92 Å². The standard InChI is InChI=1S/C4H11NO3S.Na.H/c1-2-9(6,7)8-4-3-5;;/h2-5H2,1H3;;. The van der Waals surface area contributed by atoms with Crippen LogP contribution in [0.4, 0.5) is 0 Å². The van der Waals surface area contributed by atoms with Gasteiger partial charge in [-0.3, -0.25) is 4.18 Å². The minimum atomic E-state index is -3.26. The maximum absolute atomic E-state index is 10.5. The van der Waals surface area contributed by atoms with Crippen LogP contribution in [0.5, 0.6) is 0 Å². The predicted molar refractivity (Wildman–Crippen MR) is 41.6 cm³/mol. The molecule has 0 aromatic rings. The van der Waals surface area contributed by atoms with Crippen LogP contribution in [-0.2, 0) is 14.3 Å². The fraction of sp³-hybridized carbons (Fsp3) is 1.00. The molecular weight excluding hydrogens is 165 g/mol. The van der Waals surface area contributed by atoms with Crippen molar-refractivity contribution in [2.45, 2.75) is 6.92 Å². The summed E-state index contributed by atoms with van der Waals surface area (Å²) in [5.74, 6) is 0.00694. The molecule has 6 heteroatoms. The molecule has 0 unspecified atom stereocenters. The average molecular weight is 177 g/mol. The van der Waals surface area contributed by atoms with Gasteiger partial charge in [0.25, 0.3) is 10.1 Å². The Labute approximate surface area is 83.5 Å². The zero-order valence-electron chi connectivity index (χ0n) is 5.33. The van der Waals surface area contributed by atoms with E-state index in [0.717, 1.165) is 0 Å². The summed E-state index contributed by atoms with van der Waals surface area (Å²) in [6.45, 7) is 1.83. The topological polar surface area (TPSA) is 69.4 Å². The van der Waals surface area contributed by atoms with Crippen molar-refractivity contribution in [2.75, 3.05) is 18.9 Å². The van der Waals surface area contributed by atoms with Crippen molar-refractivity contribution in [2.24, 2.45) is 5.73 Å². The number of hydrogen-bond donors (Lipinski definition) is 1. The van der Waals surface area contributed by atoms with Gasteiger partial charge in [-0.2, -0.15) is 8.42 Å². The van der Waals surface area contributed by atoms with Gasteiger partial charge in [-0.25, -0.2) is 0 Å². The van der Waals surface area contributed by atoms with Gasteiger partial charge >= 0.3 is 29.6 Å². The van der Waals surface area contributed by atoms with E-state index >= 15 is 0 Å². The molecule has 0 rings (SSSR count). The second-order valence-corrected chi connectivity index (χ2v) is 3.39.